The molecule has 2 aromatic heterocycles. The highest BCUT2D eigenvalue weighted by Crippen LogP contribution is 2.08. The SMILES string of the molecule is Cc1cncc(CNCc2nc(C)cs2)c1. The lowest BCUT2D eigenvalue weighted by molar-refractivity contribution is 0.686. The van der Waals surface area contributed by atoms with Crippen LogP contribution in [-0.2, 0) is 13.1 Å². The van der Waals surface area contributed by atoms with Gasteiger partial charge in [0.1, 0.15) is 5.01 Å². The van der Waals surface area contributed by atoms with Crippen molar-refractivity contribution in [3.8, 4) is 0 Å². The monoisotopic (exact) mass is 233 g/mol. The fourth-order valence-electron chi connectivity index (χ4n) is 1.51. The predicted octanol–water partition coefficient (Wildman–Crippen LogP) is 2.44. The van der Waals surface area contributed by atoms with Crippen molar-refractivity contribution in [3.63, 3.8) is 0 Å². The van der Waals surface area contributed by atoms with Crippen molar-refractivity contribution in [2.24, 2.45) is 0 Å². The number of thiazole rings is 1. The molecule has 0 saturated carbocycles. The average Bonchev–Trinajstić information content (AvgIpc) is 2.64. The molecule has 0 amide bonds. The number of pyridine rings is 1. The van der Waals surface area contributed by atoms with Crippen LogP contribution >= 0.6 is 11.3 Å². The zero-order valence-electron chi connectivity index (χ0n) is 9.53. The molecule has 0 saturated heterocycles. The van der Waals surface area contributed by atoms with E-state index >= 15 is 0 Å². The van der Waals surface area contributed by atoms with Gasteiger partial charge in [-0.25, -0.2) is 4.98 Å². The molecular weight excluding hydrogens is 218 g/mol. The summed E-state index contributed by atoms with van der Waals surface area (Å²) in [6.07, 6.45) is 3.76. The van der Waals surface area contributed by atoms with E-state index in [4.69, 9.17) is 0 Å². The van der Waals surface area contributed by atoms with Crippen LogP contribution in [-0.4, -0.2) is 9.97 Å². The lowest BCUT2D eigenvalue weighted by atomic mass is 10.2. The van der Waals surface area contributed by atoms with Crippen LogP contribution in [0.1, 0.15) is 21.8 Å². The lowest BCUT2D eigenvalue weighted by Crippen LogP contribution is -2.12. The summed E-state index contributed by atoms with van der Waals surface area (Å²) < 4.78 is 0. The van der Waals surface area contributed by atoms with E-state index in [0.29, 0.717) is 0 Å². The van der Waals surface area contributed by atoms with Crippen LogP contribution < -0.4 is 5.32 Å². The fraction of sp³-hybridized carbons (Fsp3) is 0.333. The Labute approximate surface area is 99.6 Å². The number of aryl methyl sites for hydroxylation is 2. The van der Waals surface area contributed by atoms with Crippen LogP contribution in [0, 0.1) is 13.8 Å². The minimum atomic E-state index is 0.826. The van der Waals surface area contributed by atoms with E-state index in [2.05, 4.69) is 33.7 Å². The first-order chi connectivity index (χ1) is 7.74. The molecule has 3 nitrogen and oxygen atoms in total. The van der Waals surface area contributed by atoms with Gasteiger partial charge >= 0.3 is 0 Å². The Bertz CT molecular complexity index is 465. The summed E-state index contributed by atoms with van der Waals surface area (Å²) in [5.41, 5.74) is 3.51. The molecular formula is C12H15N3S. The smallest absolute Gasteiger partial charge is 0.107 e. The zero-order valence-corrected chi connectivity index (χ0v) is 10.3. The van der Waals surface area contributed by atoms with Gasteiger partial charge in [0.15, 0.2) is 0 Å². The van der Waals surface area contributed by atoms with Crippen molar-refractivity contribution >= 4 is 11.3 Å². The molecule has 2 rings (SSSR count). The summed E-state index contributed by atoms with van der Waals surface area (Å²) in [4.78, 5) is 8.56. The average molecular weight is 233 g/mol. The summed E-state index contributed by atoms with van der Waals surface area (Å²) in [6.45, 7) is 5.74. The molecule has 0 aliphatic rings. The van der Waals surface area contributed by atoms with Gasteiger partial charge in [-0.1, -0.05) is 6.07 Å². The minimum Gasteiger partial charge on any atom is -0.306 e. The highest BCUT2D eigenvalue weighted by molar-refractivity contribution is 7.09. The third kappa shape index (κ3) is 3.12. The Kier molecular flexibility index (Phi) is 3.64. The van der Waals surface area contributed by atoms with E-state index in [0.717, 1.165) is 23.8 Å². The van der Waals surface area contributed by atoms with Crippen LogP contribution in [0.4, 0.5) is 0 Å². The molecule has 0 bridgehead atoms. The summed E-state index contributed by atoms with van der Waals surface area (Å²) in [6, 6.07) is 2.15. The van der Waals surface area contributed by atoms with Crippen molar-refractivity contribution in [1.29, 1.82) is 0 Å². The Balaban J connectivity index is 1.84. The fourth-order valence-corrected chi connectivity index (χ4v) is 2.25. The van der Waals surface area contributed by atoms with Gasteiger partial charge in [0.05, 0.1) is 0 Å². The van der Waals surface area contributed by atoms with Crippen molar-refractivity contribution in [2.75, 3.05) is 0 Å². The van der Waals surface area contributed by atoms with Crippen molar-refractivity contribution in [2.45, 2.75) is 26.9 Å². The molecule has 0 fully saturated rings. The number of nitrogens with one attached hydrogen (secondary N) is 1. The molecule has 16 heavy (non-hydrogen) atoms. The summed E-state index contributed by atoms with van der Waals surface area (Å²) in [5, 5.41) is 6.58. The first-order valence-corrected chi connectivity index (χ1v) is 6.14. The Morgan fingerprint density at radius 1 is 1.25 bits per heavy atom. The van der Waals surface area contributed by atoms with Gasteiger partial charge in [-0.15, -0.1) is 11.3 Å². The number of aromatic nitrogens is 2. The van der Waals surface area contributed by atoms with Gasteiger partial charge in [-0.3, -0.25) is 4.98 Å². The highest BCUT2D eigenvalue weighted by Gasteiger charge is 1.98. The Morgan fingerprint density at radius 2 is 2.12 bits per heavy atom. The van der Waals surface area contributed by atoms with Gasteiger partial charge in [-0.05, 0) is 25.0 Å². The van der Waals surface area contributed by atoms with E-state index < -0.39 is 0 Å². The summed E-state index contributed by atoms with van der Waals surface area (Å²) in [5.74, 6) is 0. The van der Waals surface area contributed by atoms with E-state index in [9.17, 15) is 0 Å². The second-order valence-corrected chi connectivity index (χ2v) is 4.80. The minimum absolute atomic E-state index is 0.826. The maximum absolute atomic E-state index is 4.40. The van der Waals surface area contributed by atoms with Crippen LogP contribution in [0.2, 0.25) is 0 Å². The summed E-state index contributed by atoms with van der Waals surface area (Å²) in [7, 11) is 0. The van der Waals surface area contributed by atoms with Gasteiger partial charge in [0.2, 0.25) is 0 Å². The van der Waals surface area contributed by atoms with Crippen molar-refractivity contribution in [3.05, 3.63) is 45.7 Å². The molecule has 0 aromatic carbocycles. The molecule has 0 spiro atoms. The lowest BCUT2D eigenvalue weighted by Gasteiger charge is -2.03. The van der Waals surface area contributed by atoms with E-state index in [1.165, 1.54) is 11.1 Å². The molecule has 84 valence electrons. The van der Waals surface area contributed by atoms with Crippen LogP contribution in [0.5, 0.6) is 0 Å². The Morgan fingerprint density at radius 3 is 2.81 bits per heavy atom. The highest BCUT2D eigenvalue weighted by atomic mass is 32.1. The van der Waals surface area contributed by atoms with Crippen molar-refractivity contribution < 1.29 is 0 Å². The predicted molar refractivity (Wildman–Crippen MR) is 66.4 cm³/mol. The maximum Gasteiger partial charge on any atom is 0.107 e. The van der Waals surface area contributed by atoms with Crippen LogP contribution in [0.15, 0.2) is 23.8 Å². The number of nitrogens with zero attached hydrogens (tertiary/aromatic N) is 2. The number of rotatable bonds is 4. The van der Waals surface area contributed by atoms with E-state index in [1.807, 2.05) is 19.3 Å². The van der Waals surface area contributed by atoms with Crippen LogP contribution in [0.25, 0.3) is 0 Å². The molecule has 0 aliphatic carbocycles. The summed E-state index contributed by atoms with van der Waals surface area (Å²) >= 11 is 1.70. The number of hydrogen-bond acceptors (Lipinski definition) is 4. The quantitative estimate of drug-likeness (QED) is 0.881. The maximum atomic E-state index is 4.40. The first kappa shape index (κ1) is 11.2. The molecule has 2 aromatic rings. The molecule has 0 unspecified atom stereocenters. The normalized spacial score (nSPS) is 10.6. The Hall–Kier alpha value is -1.26. The molecule has 1 N–H and O–H groups in total. The largest absolute Gasteiger partial charge is 0.306 e. The zero-order chi connectivity index (χ0) is 11.4. The van der Waals surface area contributed by atoms with Gasteiger partial charge in [0.25, 0.3) is 0 Å². The molecule has 0 radical (unpaired) electrons. The second-order valence-electron chi connectivity index (χ2n) is 3.86. The van der Waals surface area contributed by atoms with E-state index in [1.54, 1.807) is 11.3 Å². The number of hydrogen-bond donors (Lipinski definition) is 1. The molecule has 4 heteroatoms. The molecule has 2 heterocycles. The third-order valence-electron chi connectivity index (χ3n) is 2.20. The third-order valence-corrected chi connectivity index (χ3v) is 3.17. The molecule has 0 atom stereocenters. The molecule has 0 aliphatic heterocycles. The second kappa shape index (κ2) is 5.18. The standard InChI is InChI=1S/C12H15N3S/c1-9-3-11(5-13-4-9)6-14-7-12-15-10(2)8-16-12/h3-5,8,14H,6-7H2,1-2H3. The topological polar surface area (TPSA) is 37.8 Å². The first-order valence-electron chi connectivity index (χ1n) is 5.26. The van der Waals surface area contributed by atoms with Crippen LogP contribution in [0.3, 0.4) is 0 Å². The van der Waals surface area contributed by atoms with Gasteiger partial charge in [0, 0.05) is 36.6 Å². The van der Waals surface area contributed by atoms with Gasteiger partial charge < -0.3 is 5.32 Å². The van der Waals surface area contributed by atoms with Gasteiger partial charge in [-0.2, -0.15) is 0 Å². The van der Waals surface area contributed by atoms with Crippen molar-refractivity contribution in [1.82, 2.24) is 15.3 Å². The van der Waals surface area contributed by atoms with E-state index in [-0.39, 0.29) is 0 Å².